The Kier molecular flexibility index (Phi) is 7.73. The van der Waals surface area contributed by atoms with Crippen molar-refractivity contribution in [2.75, 3.05) is 0 Å². The SMILES string of the molecule is CC1(C)c2cc(-c3ccc(-c4nc(-c5cccnc5)nc(-c5cccnc5)n4)cc3)ccc2-c2ccc(-c3cccc(-n4c5ccccc5c5ccccc54)c3)cc21. The number of fused-ring (bicyclic) bond motifs is 6. The minimum Gasteiger partial charge on any atom is -0.309 e. The van der Waals surface area contributed by atoms with E-state index in [1.165, 1.54) is 60.8 Å². The lowest BCUT2D eigenvalue weighted by molar-refractivity contribution is 0.661. The molecule has 1 aliphatic carbocycles. The summed E-state index contributed by atoms with van der Waals surface area (Å²) in [5, 5.41) is 2.54. The molecule has 1 aliphatic rings. The van der Waals surface area contributed by atoms with Crippen molar-refractivity contribution in [3.05, 3.63) is 194 Å². The first-order valence-corrected chi connectivity index (χ1v) is 19.6. The van der Waals surface area contributed by atoms with Gasteiger partial charge in [0.05, 0.1) is 11.0 Å². The van der Waals surface area contributed by atoms with Crippen LogP contribution >= 0.6 is 0 Å². The molecule has 6 aromatic carbocycles. The van der Waals surface area contributed by atoms with E-state index in [0.29, 0.717) is 17.5 Å². The van der Waals surface area contributed by atoms with Crippen molar-refractivity contribution in [1.29, 1.82) is 0 Å². The zero-order chi connectivity index (χ0) is 38.8. The molecule has 6 heteroatoms. The zero-order valence-electron chi connectivity index (χ0n) is 32.0. The molecule has 0 saturated heterocycles. The average molecular weight is 745 g/mol. The van der Waals surface area contributed by atoms with Crippen LogP contribution in [0.25, 0.3) is 95.0 Å². The maximum absolute atomic E-state index is 4.88. The maximum Gasteiger partial charge on any atom is 0.165 e. The molecule has 58 heavy (non-hydrogen) atoms. The molecule has 0 unspecified atom stereocenters. The van der Waals surface area contributed by atoms with Gasteiger partial charge in [0, 0.05) is 63.4 Å². The predicted octanol–water partition coefficient (Wildman–Crippen LogP) is 12.4. The van der Waals surface area contributed by atoms with Crippen LogP contribution in [0.5, 0.6) is 0 Å². The smallest absolute Gasteiger partial charge is 0.165 e. The maximum atomic E-state index is 4.88. The summed E-state index contributed by atoms with van der Waals surface area (Å²) in [6.45, 7) is 4.70. The molecule has 0 spiro atoms. The molecule has 0 fully saturated rings. The third-order valence-electron chi connectivity index (χ3n) is 11.6. The van der Waals surface area contributed by atoms with Crippen molar-refractivity contribution in [3.8, 4) is 73.2 Å². The first kappa shape index (κ1) is 33.7. The Morgan fingerprint density at radius 1 is 0.397 bits per heavy atom. The molecule has 0 bridgehead atoms. The van der Waals surface area contributed by atoms with Crippen LogP contribution in [0.1, 0.15) is 25.0 Å². The van der Waals surface area contributed by atoms with Crippen LogP contribution in [0, 0.1) is 0 Å². The normalized spacial score (nSPS) is 12.8. The van der Waals surface area contributed by atoms with Gasteiger partial charge in [0.1, 0.15) is 0 Å². The van der Waals surface area contributed by atoms with Gasteiger partial charge in [0.2, 0.25) is 0 Å². The number of nitrogens with zero attached hydrogens (tertiary/aromatic N) is 6. The van der Waals surface area contributed by atoms with Crippen molar-refractivity contribution < 1.29 is 0 Å². The second-order valence-corrected chi connectivity index (χ2v) is 15.4. The van der Waals surface area contributed by atoms with Gasteiger partial charge in [0.25, 0.3) is 0 Å². The number of para-hydroxylation sites is 2. The third kappa shape index (κ3) is 5.52. The summed E-state index contributed by atoms with van der Waals surface area (Å²) < 4.78 is 2.39. The van der Waals surface area contributed by atoms with Crippen molar-refractivity contribution in [2.24, 2.45) is 0 Å². The highest BCUT2D eigenvalue weighted by atomic mass is 15.0. The molecule has 0 radical (unpaired) electrons. The summed E-state index contributed by atoms with van der Waals surface area (Å²) in [5.41, 5.74) is 16.0. The predicted molar refractivity (Wildman–Crippen MR) is 234 cm³/mol. The summed E-state index contributed by atoms with van der Waals surface area (Å²) in [4.78, 5) is 23.1. The van der Waals surface area contributed by atoms with E-state index in [-0.39, 0.29) is 5.41 Å². The van der Waals surface area contributed by atoms with Gasteiger partial charge in [-0.25, -0.2) is 15.0 Å². The van der Waals surface area contributed by atoms with E-state index >= 15 is 0 Å². The van der Waals surface area contributed by atoms with E-state index in [4.69, 9.17) is 15.0 Å². The molecular formula is C52H36N6. The quantitative estimate of drug-likeness (QED) is 0.170. The molecule has 10 aromatic rings. The fourth-order valence-electron chi connectivity index (χ4n) is 8.69. The monoisotopic (exact) mass is 744 g/mol. The van der Waals surface area contributed by atoms with Gasteiger partial charge in [-0.2, -0.15) is 0 Å². The number of rotatable bonds is 6. The summed E-state index contributed by atoms with van der Waals surface area (Å²) >= 11 is 0. The Labute approximate surface area is 336 Å². The van der Waals surface area contributed by atoms with Gasteiger partial charge >= 0.3 is 0 Å². The number of aromatic nitrogens is 6. The highest BCUT2D eigenvalue weighted by molar-refractivity contribution is 6.09. The second kappa shape index (κ2) is 13.3. The standard InChI is InChI=1S/C52H36N6/c1-52(2)45-29-36(33-18-20-34(21-19-33)49-55-50(38-11-8-26-53-31-38)57-51(56-49)39-12-9-27-54-32-39)22-24-41(45)42-25-23-37(30-46(42)52)35-10-7-13-40(28-35)58-47-16-5-3-14-43(47)44-15-4-6-17-48(44)58/h3-32H,1-2H3. The molecule has 11 rings (SSSR count). The minimum atomic E-state index is -0.183. The molecule has 4 heterocycles. The van der Waals surface area contributed by atoms with Crippen molar-refractivity contribution in [1.82, 2.24) is 29.5 Å². The fourth-order valence-corrected chi connectivity index (χ4v) is 8.69. The lowest BCUT2D eigenvalue weighted by atomic mass is 9.81. The van der Waals surface area contributed by atoms with E-state index in [2.05, 4.69) is 162 Å². The van der Waals surface area contributed by atoms with Crippen LogP contribution < -0.4 is 0 Å². The summed E-state index contributed by atoms with van der Waals surface area (Å²) in [6, 6.07) is 56.4. The Morgan fingerprint density at radius 2 is 0.862 bits per heavy atom. The molecule has 0 aliphatic heterocycles. The lowest BCUT2D eigenvalue weighted by Crippen LogP contribution is -2.15. The fraction of sp³-hybridized carbons (Fsp3) is 0.0577. The largest absolute Gasteiger partial charge is 0.309 e. The Hall–Kier alpha value is -7.57. The van der Waals surface area contributed by atoms with Gasteiger partial charge in [0.15, 0.2) is 17.5 Å². The van der Waals surface area contributed by atoms with E-state index in [1.54, 1.807) is 24.8 Å². The van der Waals surface area contributed by atoms with Crippen molar-refractivity contribution in [3.63, 3.8) is 0 Å². The van der Waals surface area contributed by atoms with Crippen molar-refractivity contribution >= 4 is 21.8 Å². The third-order valence-corrected chi connectivity index (χ3v) is 11.6. The van der Waals surface area contributed by atoms with Gasteiger partial charge < -0.3 is 4.57 Å². The number of hydrogen-bond acceptors (Lipinski definition) is 5. The highest BCUT2D eigenvalue weighted by Gasteiger charge is 2.36. The molecule has 274 valence electrons. The topological polar surface area (TPSA) is 69.4 Å². The van der Waals surface area contributed by atoms with Crippen LogP contribution in [0.4, 0.5) is 0 Å². The average Bonchev–Trinajstić information content (AvgIpc) is 3.74. The van der Waals surface area contributed by atoms with E-state index < -0.39 is 0 Å². The van der Waals surface area contributed by atoms with Gasteiger partial charge in [-0.1, -0.05) is 111 Å². The summed E-state index contributed by atoms with van der Waals surface area (Å²) in [5.74, 6) is 1.74. The molecule has 0 saturated carbocycles. The second-order valence-electron chi connectivity index (χ2n) is 15.4. The number of pyridine rings is 2. The van der Waals surface area contributed by atoms with Crippen LogP contribution in [-0.4, -0.2) is 29.5 Å². The van der Waals surface area contributed by atoms with E-state index in [9.17, 15) is 0 Å². The Bertz CT molecular complexity index is 3070. The van der Waals surface area contributed by atoms with E-state index in [0.717, 1.165) is 27.9 Å². The van der Waals surface area contributed by atoms with Crippen LogP contribution in [0.3, 0.4) is 0 Å². The van der Waals surface area contributed by atoms with Gasteiger partial charge in [-0.05, 0) is 105 Å². The number of hydrogen-bond donors (Lipinski definition) is 0. The van der Waals surface area contributed by atoms with E-state index in [1.807, 2.05) is 24.3 Å². The van der Waals surface area contributed by atoms with Gasteiger partial charge in [-0.15, -0.1) is 0 Å². The summed E-state index contributed by atoms with van der Waals surface area (Å²) in [7, 11) is 0. The Balaban J connectivity index is 0.918. The molecular weight excluding hydrogens is 709 g/mol. The zero-order valence-corrected chi connectivity index (χ0v) is 32.0. The van der Waals surface area contributed by atoms with Crippen LogP contribution in [0.15, 0.2) is 183 Å². The molecule has 0 atom stereocenters. The first-order valence-electron chi connectivity index (χ1n) is 19.6. The molecule has 6 nitrogen and oxygen atoms in total. The van der Waals surface area contributed by atoms with Gasteiger partial charge in [-0.3, -0.25) is 9.97 Å². The highest BCUT2D eigenvalue weighted by Crippen LogP contribution is 2.51. The minimum absolute atomic E-state index is 0.183. The first-order chi connectivity index (χ1) is 28.5. The van der Waals surface area contributed by atoms with Crippen molar-refractivity contribution in [2.45, 2.75) is 19.3 Å². The van der Waals surface area contributed by atoms with Crippen LogP contribution in [-0.2, 0) is 5.41 Å². The molecule has 0 amide bonds. The molecule has 4 aromatic heterocycles. The summed E-state index contributed by atoms with van der Waals surface area (Å²) in [6.07, 6.45) is 7.04. The van der Waals surface area contributed by atoms with Crippen LogP contribution in [0.2, 0.25) is 0 Å². The Morgan fingerprint density at radius 3 is 1.41 bits per heavy atom. The lowest BCUT2D eigenvalue weighted by Gasteiger charge is -2.23. The molecule has 0 N–H and O–H groups in total. The number of benzene rings is 6.